The van der Waals surface area contributed by atoms with E-state index in [1.165, 1.54) is 5.52 Å². The fraction of sp³-hybridized carbons (Fsp3) is 0.429. The molecule has 8 nitrogen and oxygen atoms in total. The van der Waals surface area contributed by atoms with Crippen molar-refractivity contribution in [1.29, 1.82) is 0 Å². The molecule has 1 aliphatic heterocycles. The summed E-state index contributed by atoms with van der Waals surface area (Å²) in [6, 6.07) is 10.1. The van der Waals surface area contributed by atoms with Crippen LogP contribution in [0.15, 0.2) is 54.0 Å². The van der Waals surface area contributed by atoms with Crippen molar-refractivity contribution in [1.82, 2.24) is 29.7 Å². The number of aromatic nitrogens is 4. The SMILES string of the molecule is CCNC(=NCCCn1cnc2ccccc21)N1CCN(c2ncccn2)CC1. The number of nitrogens with one attached hydrogen (secondary N) is 1. The fourth-order valence-corrected chi connectivity index (χ4v) is 3.61. The van der Waals surface area contributed by atoms with E-state index in [-0.39, 0.29) is 0 Å². The van der Waals surface area contributed by atoms with Gasteiger partial charge < -0.3 is 19.7 Å². The second kappa shape index (κ2) is 9.36. The van der Waals surface area contributed by atoms with Crippen LogP contribution in [0.4, 0.5) is 5.95 Å². The quantitative estimate of drug-likeness (QED) is 0.393. The van der Waals surface area contributed by atoms with Crippen molar-refractivity contribution in [3.8, 4) is 0 Å². The molecule has 1 N–H and O–H groups in total. The lowest BCUT2D eigenvalue weighted by Gasteiger charge is -2.36. The van der Waals surface area contributed by atoms with Crippen molar-refractivity contribution >= 4 is 22.9 Å². The van der Waals surface area contributed by atoms with Crippen LogP contribution in [0.25, 0.3) is 11.0 Å². The van der Waals surface area contributed by atoms with Crippen LogP contribution >= 0.6 is 0 Å². The zero-order chi connectivity index (χ0) is 19.9. The minimum Gasteiger partial charge on any atom is -0.357 e. The molecule has 1 aliphatic rings. The summed E-state index contributed by atoms with van der Waals surface area (Å²) in [5, 5.41) is 3.44. The maximum atomic E-state index is 4.86. The average Bonchev–Trinajstić information content (AvgIpc) is 3.20. The van der Waals surface area contributed by atoms with Crippen LogP contribution in [-0.2, 0) is 6.54 Å². The number of hydrogen-bond acceptors (Lipinski definition) is 5. The number of nitrogens with zero attached hydrogens (tertiary/aromatic N) is 7. The predicted octanol–water partition coefficient (Wildman–Crippen LogP) is 2.00. The average molecular weight is 393 g/mol. The van der Waals surface area contributed by atoms with Gasteiger partial charge >= 0.3 is 0 Å². The molecule has 0 unspecified atom stereocenters. The van der Waals surface area contributed by atoms with Crippen LogP contribution in [0.1, 0.15) is 13.3 Å². The van der Waals surface area contributed by atoms with E-state index in [1.807, 2.05) is 24.5 Å². The zero-order valence-electron chi connectivity index (χ0n) is 16.9. The summed E-state index contributed by atoms with van der Waals surface area (Å²) in [6.07, 6.45) is 6.49. The maximum absolute atomic E-state index is 4.86. The third-order valence-corrected chi connectivity index (χ3v) is 5.10. The van der Waals surface area contributed by atoms with E-state index >= 15 is 0 Å². The number of anilines is 1. The molecule has 0 bridgehead atoms. The van der Waals surface area contributed by atoms with Crippen LogP contribution in [0.5, 0.6) is 0 Å². The summed E-state index contributed by atoms with van der Waals surface area (Å²) in [5.41, 5.74) is 2.23. The number of rotatable bonds is 6. The number of aryl methyl sites for hydroxylation is 1. The van der Waals surface area contributed by atoms with Gasteiger partial charge in [-0.25, -0.2) is 15.0 Å². The topological polar surface area (TPSA) is 74.5 Å². The van der Waals surface area contributed by atoms with E-state index < -0.39 is 0 Å². The molecule has 0 amide bonds. The van der Waals surface area contributed by atoms with E-state index in [1.54, 1.807) is 12.4 Å². The molecule has 1 saturated heterocycles. The van der Waals surface area contributed by atoms with Gasteiger partial charge in [-0.05, 0) is 31.5 Å². The maximum Gasteiger partial charge on any atom is 0.225 e. The summed E-state index contributed by atoms with van der Waals surface area (Å²) in [4.78, 5) is 22.6. The van der Waals surface area contributed by atoms with Crippen molar-refractivity contribution in [2.45, 2.75) is 19.9 Å². The second-order valence-corrected chi connectivity index (χ2v) is 7.04. The Balaban J connectivity index is 1.31. The molecular formula is C21H28N8. The molecule has 0 spiro atoms. The van der Waals surface area contributed by atoms with Gasteiger partial charge in [-0.3, -0.25) is 4.99 Å². The summed E-state index contributed by atoms with van der Waals surface area (Å²) in [6.45, 7) is 8.31. The first kappa shape index (κ1) is 19.2. The van der Waals surface area contributed by atoms with Gasteiger partial charge in [0.1, 0.15) is 0 Å². The number of imidazole rings is 1. The van der Waals surface area contributed by atoms with Crippen molar-refractivity contribution < 1.29 is 0 Å². The van der Waals surface area contributed by atoms with Crippen LogP contribution in [0, 0.1) is 0 Å². The molecule has 0 aliphatic carbocycles. The minimum absolute atomic E-state index is 0.789. The lowest BCUT2D eigenvalue weighted by atomic mass is 10.3. The molecule has 1 fully saturated rings. The zero-order valence-corrected chi connectivity index (χ0v) is 16.9. The van der Waals surface area contributed by atoms with Gasteiger partial charge in [0.2, 0.25) is 5.95 Å². The summed E-state index contributed by atoms with van der Waals surface area (Å²) < 4.78 is 2.20. The largest absolute Gasteiger partial charge is 0.357 e. The van der Waals surface area contributed by atoms with E-state index in [0.717, 1.165) is 69.7 Å². The minimum atomic E-state index is 0.789. The number of aliphatic imine (C=N–C) groups is 1. The summed E-state index contributed by atoms with van der Waals surface area (Å²) in [5.74, 6) is 1.80. The molecule has 0 saturated carbocycles. The Labute approximate surface area is 171 Å². The van der Waals surface area contributed by atoms with Crippen LogP contribution in [0.2, 0.25) is 0 Å². The van der Waals surface area contributed by atoms with Gasteiger partial charge in [0.25, 0.3) is 0 Å². The number of benzene rings is 1. The fourth-order valence-electron chi connectivity index (χ4n) is 3.61. The van der Waals surface area contributed by atoms with Gasteiger partial charge in [0, 0.05) is 58.2 Å². The second-order valence-electron chi connectivity index (χ2n) is 7.04. The normalized spacial score (nSPS) is 15.1. The molecule has 8 heteroatoms. The van der Waals surface area contributed by atoms with Gasteiger partial charge in [-0.2, -0.15) is 0 Å². The van der Waals surface area contributed by atoms with Gasteiger partial charge in [0.15, 0.2) is 5.96 Å². The van der Waals surface area contributed by atoms with E-state index in [2.05, 4.69) is 53.7 Å². The van der Waals surface area contributed by atoms with Gasteiger partial charge in [0.05, 0.1) is 17.4 Å². The molecular weight excluding hydrogens is 364 g/mol. The first-order valence-corrected chi connectivity index (χ1v) is 10.3. The molecule has 0 radical (unpaired) electrons. The lowest BCUT2D eigenvalue weighted by Crippen LogP contribution is -2.53. The van der Waals surface area contributed by atoms with E-state index in [4.69, 9.17) is 4.99 Å². The van der Waals surface area contributed by atoms with Gasteiger partial charge in [-0.1, -0.05) is 12.1 Å². The van der Waals surface area contributed by atoms with Crippen LogP contribution < -0.4 is 10.2 Å². The highest BCUT2D eigenvalue weighted by molar-refractivity contribution is 5.80. The molecule has 0 atom stereocenters. The molecule has 152 valence electrons. The Bertz CT molecular complexity index is 928. The first-order chi connectivity index (χ1) is 14.3. The van der Waals surface area contributed by atoms with Crippen LogP contribution in [0.3, 0.4) is 0 Å². The molecule has 1 aromatic carbocycles. The van der Waals surface area contributed by atoms with Crippen molar-refractivity contribution in [2.24, 2.45) is 4.99 Å². The highest BCUT2D eigenvalue weighted by atomic mass is 15.4. The number of fused-ring (bicyclic) bond motifs is 1. The standard InChI is InChI=1S/C21H28N8/c1-2-22-20(27-13-15-28(16-14-27)21-23-9-5-10-24-21)25-11-6-12-29-17-26-18-7-3-4-8-19(18)29/h3-5,7-10,17H,2,6,11-16H2,1H3,(H,22,25). The Morgan fingerprint density at radius 2 is 1.83 bits per heavy atom. The highest BCUT2D eigenvalue weighted by Crippen LogP contribution is 2.12. The lowest BCUT2D eigenvalue weighted by molar-refractivity contribution is 0.370. The van der Waals surface area contributed by atoms with Crippen molar-refractivity contribution in [2.75, 3.05) is 44.2 Å². The number of piperazine rings is 1. The summed E-state index contributed by atoms with van der Waals surface area (Å²) in [7, 11) is 0. The Morgan fingerprint density at radius 3 is 2.62 bits per heavy atom. The van der Waals surface area contributed by atoms with E-state index in [9.17, 15) is 0 Å². The Hall–Kier alpha value is -3.16. The predicted molar refractivity (Wildman–Crippen MR) is 116 cm³/mol. The molecule has 3 aromatic rings. The smallest absolute Gasteiger partial charge is 0.225 e. The van der Waals surface area contributed by atoms with Gasteiger partial charge in [-0.15, -0.1) is 0 Å². The van der Waals surface area contributed by atoms with Crippen LogP contribution in [-0.4, -0.2) is 69.6 Å². The molecule has 4 rings (SSSR count). The molecule has 29 heavy (non-hydrogen) atoms. The Morgan fingerprint density at radius 1 is 1.03 bits per heavy atom. The summed E-state index contributed by atoms with van der Waals surface area (Å²) >= 11 is 0. The van der Waals surface area contributed by atoms with Crippen molar-refractivity contribution in [3.63, 3.8) is 0 Å². The highest BCUT2D eigenvalue weighted by Gasteiger charge is 2.20. The molecule has 3 heterocycles. The number of guanidine groups is 1. The number of para-hydroxylation sites is 2. The number of hydrogen-bond donors (Lipinski definition) is 1. The monoisotopic (exact) mass is 392 g/mol. The molecule has 2 aromatic heterocycles. The first-order valence-electron chi connectivity index (χ1n) is 10.3. The Kier molecular flexibility index (Phi) is 6.19. The van der Waals surface area contributed by atoms with E-state index in [0.29, 0.717) is 0 Å². The third kappa shape index (κ3) is 4.64. The van der Waals surface area contributed by atoms with Crippen molar-refractivity contribution in [3.05, 3.63) is 49.1 Å². The third-order valence-electron chi connectivity index (χ3n) is 5.10.